The lowest BCUT2D eigenvalue weighted by molar-refractivity contribution is 0.100. The van der Waals surface area contributed by atoms with Crippen LogP contribution in [-0.4, -0.2) is 67.8 Å². The highest BCUT2D eigenvalue weighted by Gasteiger charge is 2.23. The molecule has 32 heavy (non-hydrogen) atoms. The minimum absolute atomic E-state index is 0.460. The van der Waals surface area contributed by atoms with Crippen LogP contribution in [0.5, 0.6) is 0 Å². The van der Waals surface area contributed by atoms with Gasteiger partial charge >= 0.3 is 0 Å². The molecule has 2 aromatic carbocycles. The van der Waals surface area contributed by atoms with E-state index in [4.69, 9.17) is 10.6 Å². The number of carbonyl (C=O) groups is 1. The van der Waals surface area contributed by atoms with Crippen LogP contribution >= 0.6 is 0 Å². The molecule has 0 spiro atoms. The summed E-state index contributed by atoms with van der Waals surface area (Å²) in [5, 5.41) is 4.26. The van der Waals surface area contributed by atoms with Crippen molar-refractivity contribution < 1.29 is 9.63 Å². The first-order chi connectivity index (χ1) is 15.4. The molecule has 3 N–H and O–H groups in total. The summed E-state index contributed by atoms with van der Waals surface area (Å²) in [6.07, 6.45) is 4.59. The van der Waals surface area contributed by atoms with Crippen molar-refractivity contribution in [3.05, 3.63) is 47.3 Å². The van der Waals surface area contributed by atoms with Crippen LogP contribution in [0.4, 0.5) is 5.69 Å². The minimum atomic E-state index is -0.475. The van der Waals surface area contributed by atoms with Gasteiger partial charge in [-0.25, -0.2) is 4.98 Å². The van der Waals surface area contributed by atoms with E-state index in [1.165, 1.54) is 5.56 Å². The third-order valence-electron chi connectivity index (χ3n) is 6.01. The van der Waals surface area contributed by atoms with Gasteiger partial charge in [0.25, 0.3) is 5.91 Å². The quantitative estimate of drug-likeness (QED) is 0.557. The van der Waals surface area contributed by atoms with Crippen LogP contribution in [-0.2, 0) is 11.3 Å². The Kier molecular flexibility index (Phi) is 6.14. The second-order valence-corrected chi connectivity index (χ2v) is 8.48. The molecule has 1 amide bonds. The van der Waals surface area contributed by atoms with E-state index < -0.39 is 5.91 Å². The summed E-state index contributed by atoms with van der Waals surface area (Å²) in [5.41, 5.74) is 13.8. The molecule has 1 aliphatic rings. The van der Waals surface area contributed by atoms with Crippen molar-refractivity contribution in [2.45, 2.75) is 19.3 Å². The molecule has 0 atom stereocenters. The molecule has 1 aromatic heterocycles. The van der Waals surface area contributed by atoms with Gasteiger partial charge in [-0.05, 0) is 56.6 Å². The van der Waals surface area contributed by atoms with Crippen LogP contribution in [0.1, 0.15) is 34.3 Å². The minimum Gasteiger partial charge on any atom is -0.399 e. The summed E-state index contributed by atoms with van der Waals surface area (Å²) in [6.45, 7) is 1.60. The fourth-order valence-electron chi connectivity index (χ4n) is 4.35. The van der Waals surface area contributed by atoms with Crippen molar-refractivity contribution in [3.8, 4) is 11.1 Å². The highest BCUT2D eigenvalue weighted by atomic mass is 16.6. The van der Waals surface area contributed by atoms with Gasteiger partial charge in [-0.2, -0.15) is 0 Å². The van der Waals surface area contributed by atoms with Gasteiger partial charge in [-0.15, -0.1) is 0 Å². The number of carbonyl (C=O) groups excluding carboxylic acids is 1. The number of primary amides is 1. The number of H-pyrrole nitrogens is 1. The first kappa shape index (κ1) is 21.8. The van der Waals surface area contributed by atoms with Crippen LogP contribution in [0.3, 0.4) is 0 Å². The molecular formula is C24H30N6O2. The molecule has 4 rings (SSSR count). The van der Waals surface area contributed by atoms with E-state index in [0.717, 1.165) is 66.0 Å². The number of nitrogens with two attached hydrogens (primary N) is 1. The summed E-state index contributed by atoms with van der Waals surface area (Å²) in [6, 6.07) is 8.45. The Hall–Kier alpha value is -3.39. The predicted molar refractivity (Wildman–Crippen MR) is 128 cm³/mol. The Morgan fingerprint density at radius 1 is 1.19 bits per heavy atom. The number of nitrogens with zero attached hydrogens (tertiary/aromatic N) is 4. The first-order valence-electron chi connectivity index (χ1n) is 10.8. The van der Waals surface area contributed by atoms with Gasteiger partial charge in [-0.3, -0.25) is 4.79 Å². The molecule has 0 unspecified atom stereocenters. The molecule has 0 saturated carbocycles. The number of aryl methyl sites for hydroxylation is 1. The lowest BCUT2D eigenvalue weighted by atomic mass is 9.87. The molecule has 1 aliphatic carbocycles. The number of fused-ring (bicyclic) bond motifs is 2. The Bertz CT molecular complexity index is 1180. The lowest BCUT2D eigenvalue weighted by Crippen LogP contribution is -2.30. The van der Waals surface area contributed by atoms with E-state index in [-0.39, 0.29) is 0 Å². The highest BCUT2D eigenvalue weighted by Crippen LogP contribution is 2.37. The van der Waals surface area contributed by atoms with E-state index in [1.807, 2.05) is 27.2 Å². The fourth-order valence-corrected chi connectivity index (χ4v) is 4.35. The number of hydrogen-bond acceptors (Lipinski definition) is 6. The number of benzene rings is 2. The van der Waals surface area contributed by atoms with Crippen molar-refractivity contribution in [3.63, 3.8) is 0 Å². The fraction of sp³-hybridized carbons (Fsp3) is 0.375. The number of oxime groups is 1. The smallest absolute Gasteiger partial charge is 0.253 e. The molecule has 0 fully saturated rings. The second kappa shape index (κ2) is 9.00. The van der Waals surface area contributed by atoms with Gasteiger partial charge in [0.15, 0.2) is 0 Å². The molecule has 0 aliphatic heterocycles. The van der Waals surface area contributed by atoms with Crippen LogP contribution < -0.4 is 10.6 Å². The maximum absolute atomic E-state index is 12.4. The highest BCUT2D eigenvalue weighted by molar-refractivity contribution is 6.13. The zero-order chi connectivity index (χ0) is 22.8. The standard InChI is InChI=1S/C24H30N6O2/c1-29(2)10-11-30(3)20-13-18(22-23(27-14-26-22)21(20)24(25)31)16-9-8-15-6-5-7-19(28-32-4)17(15)12-16/h8-9,12-14H,5-7,10-11H2,1-4H3,(H2,25,31)(H,26,27). The third kappa shape index (κ3) is 4.05. The number of rotatable bonds is 7. The Labute approximate surface area is 188 Å². The first-order valence-corrected chi connectivity index (χ1v) is 10.8. The number of aromatic amines is 1. The van der Waals surface area contributed by atoms with E-state index in [9.17, 15) is 4.79 Å². The summed E-state index contributed by atoms with van der Waals surface area (Å²) in [4.78, 5) is 29.4. The van der Waals surface area contributed by atoms with E-state index in [1.54, 1.807) is 13.4 Å². The van der Waals surface area contributed by atoms with Gasteiger partial charge < -0.3 is 25.4 Å². The SMILES string of the molecule is CON=C1CCCc2ccc(-c3cc(N(C)CCN(C)C)c(C(N)=O)c4[nH]cnc34)cc21. The monoisotopic (exact) mass is 434 g/mol. The van der Waals surface area contributed by atoms with Crippen molar-refractivity contribution in [1.29, 1.82) is 0 Å². The van der Waals surface area contributed by atoms with Gasteiger partial charge in [0.05, 0.1) is 34.3 Å². The van der Waals surface area contributed by atoms with E-state index in [2.05, 4.69) is 43.1 Å². The molecule has 0 radical (unpaired) electrons. The van der Waals surface area contributed by atoms with E-state index >= 15 is 0 Å². The van der Waals surface area contributed by atoms with Crippen LogP contribution in [0.15, 0.2) is 35.7 Å². The summed E-state index contributed by atoms with van der Waals surface area (Å²) in [5.74, 6) is -0.475. The maximum atomic E-state index is 12.4. The van der Waals surface area contributed by atoms with Gasteiger partial charge in [-0.1, -0.05) is 17.3 Å². The molecule has 0 saturated heterocycles. The molecule has 168 valence electrons. The Balaban J connectivity index is 1.89. The molecule has 3 aromatic rings. The van der Waals surface area contributed by atoms with Crippen molar-refractivity contribution in [1.82, 2.24) is 14.9 Å². The zero-order valence-electron chi connectivity index (χ0n) is 19.1. The Morgan fingerprint density at radius 3 is 2.72 bits per heavy atom. The zero-order valence-corrected chi connectivity index (χ0v) is 19.1. The predicted octanol–water partition coefficient (Wildman–Crippen LogP) is 3.01. The third-order valence-corrected chi connectivity index (χ3v) is 6.01. The maximum Gasteiger partial charge on any atom is 0.253 e. The van der Waals surface area contributed by atoms with Crippen molar-refractivity contribution in [2.75, 3.05) is 46.2 Å². The van der Waals surface area contributed by atoms with Crippen molar-refractivity contribution in [2.24, 2.45) is 10.9 Å². The number of nitrogens with one attached hydrogen (secondary N) is 1. The van der Waals surface area contributed by atoms with Crippen molar-refractivity contribution >= 4 is 28.3 Å². The normalized spacial score (nSPS) is 14.7. The van der Waals surface area contributed by atoms with Gasteiger partial charge in [0, 0.05) is 31.3 Å². The molecular weight excluding hydrogens is 404 g/mol. The average molecular weight is 435 g/mol. The summed E-state index contributed by atoms with van der Waals surface area (Å²) in [7, 11) is 7.61. The molecule has 0 bridgehead atoms. The number of likely N-dealkylation sites (N-methyl/N-ethyl adjacent to an activating group) is 2. The average Bonchev–Trinajstić information content (AvgIpc) is 3.26. The van der Waals surface area contributed by atoms with Crippen LogP contribution in [0, 0.1) is 0 Å². The number of aromatic nitrogens is 2. The number of anilines is 1. The topological polar surface area (TPSA) is 99.8 Å². The van der Waals surface area contributed by atoms with Gasteiger partial charge in [0.1, 0.15) is 7.11 Å². The number of hydrogen-bond donors (Lipinski definition) is 2. The number of amides is 1. The summed E-state index contributed by atoms with van der Waals surface area (Å²) >= 11 is 0. The molecule has 8 nitrogen and oxygen atoms in total. The Morgan fingerprint density at radius 2 is 2.00 bits per heavy atom. The number of imidazole rings is 1. The van der Waals surface area contributed by atoms with Gasteiger partial charge in [0.2, 0.25) is 0 Å². The molecule has 1 heterocycles. The van der Waals surface area contributed by atoms with E-state index in [0.29, 0.717) is 11.1 Å². The van der Waals surface area contributed by atoms with Crippen LogP contribution in [0.2, 0.25) is 0 Å². The second-order valence-electron chi connectivity index (χ2n) is 8.48. The molecule has 8 heteroatoms. The largest absolute Gasteiger partial charge is 0.399 e. The summed E-state index contributed by atoms with van der Waals surface area (Å²) < 4.78 is 0. The lowest BCUT2D eigenvalue weighted by Gasteiger charge is -2.25. The van der Waals surface area contributed by atoms with Crippen LogP contribution in [0.25, 0.3) is 22.2 Å².